The minimum absolute atomic E-state index is 0.119. The molecule has 1 atom stereocenters. The van der Waals surface area contributed by atoms with Gasteiger partial charge in [-0.2, -0.15) is 13.2 Å². The number of hydrogen-bond acceptors (Lipinski definition) is 3. The number of alkyl halides is 3. The van der Waals surface area contributed by atoms with Gasteiger partial charge in [0.15, 0.2) is 6.10 Å². The van der Waals surface area contributed by atoms with E-state index in [4.69, 9.17) is 16.3 Å². The van der Waals surface area contributed by atoms with E-state index in [2.05, 4.69) is 5.32 Å². The molecule has 0 spiro atoms. The third-order valence-electron chi connectivity index (χ3n) is 3.79. The van der Waals surface area contributed by atoms with E-state index in [1.165, 1.54) is 19.1 Å². The monoisotopic (exact) mass is 411 g/mol. The Labute approximate surface area is 165 Å². The van der Waals surface area contributed by atoms with Gasteiger partial charge in [-0.25, -0.2) is 4.79 Å². The molecule has 4 nitrogen and oxygen atoms in total. The maximum absolute atomic E-state index is 13.1. The van der Waals surface area contributed by atoms with Crippen molar-refractivity contribution in [1.82, 2.24) is 0 Å². The van der Waals surface area contributed by atoms with Crippen molar-refractivity contribution in [3.05, 3.63) is 70.3 Å². The van der Waals surface area contributed by atoms with Crippen molar-refractivity contribution in [1.29, 1.82) is 0 Å². The summed E-state index contributed by atoms with van der Waals surface area (Å²) in [5.41, 5.74) is 0.180. The van der Waals surface area contributed by atoms with Crippen LogP contribution in [0.25, 0.3) is 6.08 Å². The predicted molar refractivity (Wildman–Crippen MR) is 101 cm³/mol. The molecule has 0 heterocycles. The Bertz CT molecular complexity index is 910. The number of benzene rings is 2. The Kier molecular flexibility index (Phi) is 6.85. The summed E-state index contributed by atoms with van der Waals surface area (Å²) < 4.78 is 44.2. The Morgan fingerprint density at radius 1 is 1.18 bits per heavy atom. The Morgan fingerprint density at radius 2 is 1.86 bits per heavy atom. The van der Waals surface area contributed by atoms with Gasteiger partial charge in [-0.1, -0.05) is 35.9 Å². The maximum Gasteiger partial charge on any atom is 0.418 e. The normalized spacial score (nSPS) is 12.6. The van der Waals surface area contributed by atoms with Gasteiger partial charge in [0.25, 0.3) is 5.91 Å². The third-order valence-corrected chi connectivity index (χ3v) is 4.03. The minimum Gasteiger partial charge on any atom is -0.449 e. The average Bonchev–Trinajstić information content (AvgIpc) is 2.61. The number of esters is 1. The fraction of sp³-hybridized carbons (Fsp3) is 0.200. The number of nitrogens with one attached hydrogen (secondary N) is 1. The van der Waals surface area contributed by atoms with Crippen LogP contribution in [0.2, 0.25) is 5.02 Å². The molecule has 0 aliphatic heterocycles. The smallest absolute Gasteiger partial charge is 0.418 e. The molecule has 0 aromatic heterocycles. The van der Waals surface area contributed by atoms with E-state index in [1.54, 1.807) is 12.1 Å². The zero-order chi connectivity index (χ0) is 20.9. The second-order valence-electron chi connectivity index (χ2n) is 5.95. The molecule has 148 valence electrons. The van der Waals surface area contributed by atoms with Gasteiger partial charge in [0.2, 0.25) is 0 Å². The number of rotatable bonds is 5. The molecule has 1 N–H and O–H groups in total. The summed E-state index contributed by atoms with van der Waals surface area (Å²) in [5, 5.41) is 1.99. The van der Waals surface area contributed by atoms with Gasteiger partial charge in [-0.05, 0) is 49.2 Å². The van der Waals surface area contributed by atoms with Crippen LogP contribution in [0, 0.1) is 6.92 Å². The first-order valence-corrected chi connectivity index (χ1v) is 8.57. The first kappa shape index (κ1) is 21.5. The number of amides is 1. The number of halogens is 4. The number of hydrogen-bond donors (Lipinski definition) is 1. The molecule has 0 saturated heterocycles. The second-order valence-corrected chi connectivity index (χ2v) is 6.38. The zero-order valence-corrected chi connectivity index (χ0v) is 15.8. The summed E-state index contributed by atoms with van der Waals surface area (Å²) >= 11 is 5.60. The number of anilines is 1. The quantitative estimate of drug-likeness (QED) is 0.540. The molecule has 0 radical (unpaired) electrons. The molecule has 8 heteroatoms. The zero-order valence-electron chi connectivity index (χ0n) is 15.0. The average molecular weight is 412 g/mol. The van der Waals surface area contributed by atoms with Crippen molar-refractivity contribution in [2.24, 2.45) is 0 Å². The van der Waals surface area contributed by atoms with E-state index in [-0.39, 0.29) is 5.02 Å². The molecular weight excluding hydrogens is 395 g/mol. The largest absolute Gasteiger partial charge is 0.449 e. The summed E-state index contributed by atoms with van der Waals surface area (Å²) in [4.78, 5) is 24.0. The second kappa shape index (κ2) is 8.93. The van der Waals surface area contributed by atoms with Crippen LogP contribution in [0.4, 0.5) is 18.9 Å². The molecule has 0 saturated carbocycles. The molecule has 0 bridgehead atoms. The number of ether oxygens (including phenoxy) is 1. The SMILES string of the molecule is Cc1ccccc1/C=C/C(=O)O[C@@H](C)C(=O)Nc1ccc(Cl)cc1C(F)(F)F. The lowest BCUT2D eigenvalue weighted by molar-refractivity contribution is -0.148. The van der Waals surface area contributed by atoms with Crippen LogP contribution in [-0.4, -0.2) is 18.0 Å². The van der Waals surface area contributed by atoms with E-state index in [9.17, 15) is 22.8 Å². The van der Waals surface area contributed by atoms with E-state index in [1.807, 2.05) is 19.1 Å². The predicted octanol–water partition coefficient (Wildman–Crippen LogP) is 5.25. The van der Waals surface area contributed by atoms with E-state index in [0.29, 0.717) is 6.07 Å². The Morgan fingerprint density at radius 3 is 2.50 bits per heavy atom. The van der Waals surface area contributed by atoms with Gasteiger partial charge in [-0.3, -0.25) is 4.79 Å². The highest BCUT2D eigenvalue weighted by Gasteiger charge is 2.34. The van der Waals surface area contributed by atoms with Crippen molar-refractivity contribution >= 4 is 35.2 Å². The van der Waals surface area contributed by atoms with Crippen LogP contribution >= 0.6 is 11.6 Å². The molecule has 1 amide bonds. The molecule has 0 aliphatic rings. The molecule has 0 aliphatic carbocycles. The lowest BCUT2D eigenvalue weighted by atomic mass is 10.1. The summed E-state index contributed by atoms with van der Waals surface area (Å²) in [6.45, 7) is 3.13. The van der Waals surface area contributed by atoms with Crippen LogP contribution in [0.5, 0.6) is 0 Å². The van der Waals surface area contributed by atoms with Gasteiger partial charge >= 0.3 is 12.1 Å². The summed E-state index contributed by atoms with van der Waals surface area (Å²) in [5.74, 6) is -1.69. The van der Waals surface area contributed by atoms with E-state index in [0.717, 1.165) is 23.3 Å². The van der Waals surface area contributed by atoms with Gasteiger partial charge in [-0.15, -0.1) is 0 Å². The first-order chi connectivity index (χ1) is 13.1. The summed E-state index contributed by atoms with van der Waals surface area (Å²) in [6, 6.07) is 10.3. The highest BCUT2D eigenvalue weighted by molar-refractivity contribution is 6.30. The molecular formula is C20H17ClF3NO3. The van der Waals surface area contributed by atoms with Crippen LogP contribution in [0.15, 0.2) is 48.5 Å². The van der Waals surface area contributed by atoms with Crippen LogP contribution < -0.4 is 5.32 Å². The van der Waals surface area contributed by atoms with Crippen molar-refractivity contribution in [3.63, 3.8) is 0 Å². The van der Waals surface area contributed by atoms with Gasteiger partial charge in [0.05, 0.1) is 11.3 Å². The lowest BCUT2D eigenvalue weighted by Crippen LogP contribution is -2.30. The third kappa shape index (κ3) is 5.85. The van der Waals surface area contributed by atoms with Crippen LogP contribution in [0.1, 0.15) is 23.6 Å². The van der Waals surface area contributed by atoms with Crippen molar-refractivity contribution in [2.45, 2.75) is 26.1 Å². The van der Waals surface area contributed by atoms with Crippen molar-refractivity contribution in [2.75, 3.05) is 5.32 Å². The highest BCUT2D eigenvalue weighted by Crippen LogP contribution is 2.36. The first-order valence-electron chi connectivity index (χ1n) is 8.20. The van der Waals surface area contributed by atoms with Gasteiger partial charge in [0, 0.05) is 11.1 Å². The Hall–Kier alpha value is -2.80. The standard InChI is InChI=1S/C20H17ClF3NO3/c1-12-5-3-4-6-14(12)7-10-18(26)28-13(2)19(27)25-17-9-8-15(21)11-16(17)20(22,23)24/h3-11,13H,1-2H3,(H,25,27)/b10-7+/t13-/m0/s1. The summed E-state index contributed by atoms with van der Waals surface area (Å²) in [7, 11) is 0. The fourth-order valence-corrected chi connectivity index (χ4v) is 2.47. The molecule has 0 unspecified atom stereocenters. The van der Waals surface area contributed by atoms with E-state index >= 15 is 0 Å². The number of carbonyl (C=O) groups is 2. The highest BCUT2D eigenvalue weighted by atomic mass is 35.5. The topological polar surface area (TPSA) is 55.4 Å². The molecule has 2 aromatic carbocycles. The van der Waals surface area contributed by atoms with Gasteiger partial charge in [0.1, 0.15) is 0 Å². The van der Waals surface area contributed by atoms with Crippen molar-refractivity contribution in [3.8, 4) is 0 Å². The van der Waals surface area contributed by atoms with E-state index < -0.39 is 35.4 Å². The van der Waals surface area contributed by atoms with Gasteiger partial charge < -0.3 is 10.1 Å². The maximum atomic E-state index is 13.1. The fourth-order valence-electron chi connectivity index (χ4n) is 2.29. The molecule has 0 fully saturated rings. The molecule has 2 rings (SSSR count). The minimum atomic E-state index is -4.70. The summed E-state index contributed by atoms with van der Waals surface area (Å²) in [6.07, 6.45) is -3.33. The number of carbonyl (C=O) groups excluding carboxylic acids is 2. The number of aryl methyl sites for hydroxylation is 1. The Balaban J connectivity index is 2.04. The van der Waals surface area contributed by atoms with Crippen LogP contribution in [-0.2, 0) is 20.5 Å². The van der Waals surface area contributed by atoms with Crippen molar-refractivity contribution < 1.29 is 27.5 Å². The van der Waals surface area contributed by atoms with Crippen LogP contribution in [0.3, 0.4) is 0 Å². The lowest BCUT2D eigenvalue weighted by Gasteiger charge is -2.16. The molecule has 2 aromatic rings. The molecule has 28 heavy (non-hydrogen) atoms.